The Balaban J connectivity index is 2.23. The first-order valence-electron chi connectivity index (χ1n) is 6.47. The Hall–Kier alpha value is -0.790. The molecule has 0 bridgehead atoms. The van der Waals surface area contributed by atoms with Crippen molar-refractivity contribution in [1.82, 2.24) is 0 Å². The van der Waals surface area contributed by atoms with Crippen molar-refractivity contribution in [3.05, 3.63) is 69.7 Å². The summed E-state index contributed by atoms with van der Waals surface area (Å²) < 4.78 is 0. The van der Waals surface area contributed by atoms with Gasteiger partial charge in [-0.15, -0.1) is 0 Å². The maximum atomic E-state index is 5.95. The van der Waals surface area contributed by atoms with Gasteiger partial charge in [-0.1, -0.05) is 63.4 Å². The van der Waals surface area contributed by atoms with Gasteiger partial charge in [0.2, 0.25) is 0 Å². The maximum absolute atomic E-state index is 5.95. The minimum absolute atomic E-state index is 0.484. The summed E-state index contributed by atoms with van der Waals surface area (Å²) in [6, 6.07) is 14.9. The Kier molecular flexibility index (Phi) is 5.06. The van der Waals surface area contributed by atoms with Gasteiger partial charge in [0, 0.05) is 10.4 Å². The van der Waals surface area contributed by atoms with Gasteiger partial charge in [0.1, 0.15) is 0 Å². The van der Waals surface area contributed by atoms with Crippen molar-refractivity contribution in [3.8, 4) is 0 Å². The molecule has 0 saturated carbocycles. The molecule has 2 rings (SSSR count). The predicted octanol–water partition coefficient (Wildman–Crippen LogP) is 5.68. The molecule has 0 aliphatic rings. The monoisotopic (exact) mass is 336 g/mol. The molecule has 0 aliphatic carbocycles. The summed E-state index contributed by atoms with van der Waals surface area (Å²) >= 11 is 9.59. The molecule has 0 aliphatic heterocycles. The molecule has 0 nitrogen and oxygen atoms in total. The molecule has 0 amide bonds. The fraction of sp³-hybridized carbons (Fsp3) is 0.294. The van der Waals surface area contributed by atoms with E-state index >= 15 is 0 Å². The molecular formula is C17H18BrCl. The lowest BCUT2D eigenvalue weighted by molar-refractivity contribution is 0.771. The fourth-order valence-electron chi connectivity index (χ4n) is 2.28. The summed E-state index contributed by atoms with van der Waals surface area (Å²) in [5.41, 5.74) is 5.46. The van der Waals surface area contributed by atoms with E-state index in [4.69, 9.17) is 11.6 Å². The molecule has 2 aromatic carbocycles. The van der Waals surface area contributed by atoms with E-state index in [2.05, 4.69) is 60.1 Å². The van der Waals surface area contributed by atoms with Gasteiger partial charge in [0.15, 0.2) is 0 Å². The largest absolute Gasteiger partial charge is 0.0921 e. The summed E-state index contributed by atoms with van der Waals surface area (Å²) in [4.78, 5) is 0. The third-order valence-corrected chi connectivity index (χ3v) is 4.53. The molecule has 2 heteroatoms. The van der Waals surface area contributed by atoms with Crippen molar-refractivity contribution in [3.63, 3.8) is 0 Å². The second kappa shape index (κ2) is 6.58. The average Bonchev–Trinajstić information content (AvgIpc) is 2.41. The zero-order chi connectivity index (χ0) is 13.8. The lowest BCUT2D eigenvalue weighted by Crippen LogP contribution is -2.06. The van der Waals surface area contributed by atoms with Crippen LogP contribution in [0.15, 0.2) is 42.5 Å². The van der Waals surface area contributed by atoms with E-state index in [0.29, 0.717) is 5.92 Å². The normalized spacial score (nSPS) is 12.4. The van der Waals surface area contributed by atoms with Crippen LogP contribution < -0.4 is 0 Å². The van der Waals surface area contributed by atoms with Crippen molar-refractivity contribution in [2.24, 2.45) is 0 Å². The molecule has 0 fully saturated rings. The Labute approximate surface area is 128 Å². The highest BCUT2D eigenvalue weighted by atomic mass is 79.9. The SMILES string of the molecule is Cc1ccc(C)c(CC(CBr)c2ccc(Cl)cc2)c1. The van der Waals surface area contributed by atoms with Crippen LogP contribution in [0.3, 0.4) is 0 Å². The molecular weight excluding hydrogens is 320 g/mol. The first kappa shape index (κ1) is 14.6. The standard InChI is InChI=1S/C17H18BrCl/c1-12-3-4-13(2)15(9-12)10-16(11-18)14-5-7-17(19)8-6-14/h3-9,16H,10-11H2,1-2H3. The van der Waals surface area contributed by atoms with Crippen molar-refractivity contribution in [2.75, 3.05) is 5.33 Å². The Morgan fingerprint density at radius 2 is 1.74 bits per heavy atom. The number of benzene rings is 2. The first-order valence-corrected chi connectivity index (χ1v) is 7.97. The molecule has 0 N–H and O–H groups in total. The molecule has 0 radical (unpaired) electrons. The third-order valence-electron chi connectivity index (χ3n) is 3.50. The molecule has 0 spiro atoms. The minimum Gasteiger partial charge on any atom is -0.0921 e. The van der Waals surface area contributed by atoms with Crippen LogP contribution in [0.2, 0.25) is 5.02 Å². The third kappa shape index (κ3) is 3.84. The van der Waals surface area contributed by atoms with Gasteiger partial charge >= 0.3 is 0 Å². The summed E-state index contributed by atoms with van der Waals surface area (Å²) in [6.45, 7) is 4.33. The zero-order valence-corrected chi connectivity index (χ0v) is 13.6. The summed E-state index contributed by atoms with van der Waals surface area (Å²) in [5.74, 6) is 0.484. The van der Waals surface area contributed by atoms with Gasteiger partial charge < -0.3 is 0 Å². The molecule has 0 aromatic heterocycles. The van der Waals surface area contributed by atoms with E-state index in [1.807, 2.05) is 12.1 Å². The lowest BCUT2D eigenvalue weighted by Gasteiger charge is -2.17. The van der Waals surface area contributed by atoms with Crippen molar-refractivity contribution < 1.29 is 0 Å². The fourth-order valence-corrected chi connectivity index (χ4v) is 3.01. The zero-order valence-electron chi connectivity index (χ0n) is 11.3. The van der Waals surface area contributed by atoms with Crippen molar-refractivity contribution >= 4 is 27.5 Å². The van der Waals surface area contributed by atoms with Crippen LogP contribution in [0.5, 0.6) is 0 Å². The molecule has 1 atom stereocenters. The number of halogens is 2. The van der Waals surface area contributed by atoms with E-state index in [9.17, 15) is 0 Å². The highest BCUT2D eigenvalue weighted by Gasteiger charge is 2.12. The van der Waals surface area contributed by atoms with Crippen LogP contribution in [0.25, 0.3) is 0 Å². The van der Waals surface area contributed by atoms with Gasteiger partial charge in [-0.05, 0) is 55.0 Å². The van der Waals surface area contributed by atoms with Gasteiger partial charge in [0.25, 0.3) is 0 Å². The second-order valence-electron chi connectivity index (χ2n) is 5.04. The quantitative estimate of drug-likeness (QED) is 0.630. The Morgan fingerprint density at radius 3 is 2.37 bits per heavy atom. The van der Waals surface area contributed by atoms with Gasteiger partial charge in [0.05, 0.1) is 0 Å². The Bertz CT molecular complexity index is 546. The van der Waals surface area contributed by atoms with Gasteiger partial charge in [-0.25, -0.2) is 0 Å². The average molecular weight is 338 g/mol. The predicted molar refractivity (Wildman–Crippen MR) is 87.6 cm³/mol. The number of aryl methyl sites for hydroxylation is 2. The minimum atomic E-state index is 0.484. The van der Waals surface area contributed by atoms with Crippen molar-refractivity contribution in [1.29, 1.82) is 0 Å². The highest BCUT2D eigenvalue weighted by molar-refractivity contribution is 9.09. The number of alkyl halides is 1. The van der Waals surface area contributed by atoms with E-state index in [-0.39, 0.29) is 0 Å². The maximum Gasteiger partial charge on any atom is 0.0406 e. The van der Waals surface area contributed by atoms with Crippen LogP contribution in [0, 0.1) is 13.8 Å². The second-order valence-corrected chi connectivity index (χ2v) is 6.12. The van der Waals surface area contributed by atoms with E-state index in [0.717, 1.165) is 16.8 Å². The number of hydrogen-bond acceptors (Lipinski definition) is 0. The van der Waals surface area contributed by atoms with E-state index in [1.54, 1.807) is 0 Å². The summed E-state index contributed by atoms with van der Waals surface area (Å²) in [7, 11) is 0. The molecule has 2 aromatic rings. The van der Waals surface area contributed by atoms with Crippen molar-refractivity contribution in [2.45, 2.75) is 26.2 Å². The molecule has 1 unspecified atom stereocenters. The van der Waals surface area contributed by atoms with Gasteiger partial charge in [-0.3, -0.25) is 0 Å². The van der Waals surface area contributed by atoms with Crippen LogP contribution >= 0.6 is 27.5 Å². The van der Waals surface area contributed by atoms with Crippen LogP contribution in [-0.2, 0) is 6.42 Å². The van der Waals surface area contributed by atoms with Gasteiger partial charge in [-0.2, -0.15) is 0 Å². The first-order chi connectivity index (χ1) is 9.10. The van der Waals surface area contributed by atoms with E-state index in [1.165, 1.54) is 22.3 Å². The highest BCUT2D eigenvalue weighted by Crippen LogP contribution is 2.26. The molecule has 100 valence electrons. The van der Waals surface area contributed by atoms with Crippen LogP contribution in [0.1, 0.15) is 28.2 Å². The molecule has 0 heterocycles. The van der Waals surface area contributed by atoms with E-state index < -0.39 is 0 Å². The molecule has 19 heavy (non-hydrogen) atoms. The number of rotatable bonds is 4. The lowest BCUT2D eigenvalue weighted by atomic mass is 9.91. The Morgan fingerprint density at radius 1 is 1.05 bits per heavy atom. The summed E-state index contributed by atoms with van der Waals surface area (Å²) in [5, 5.41) is 1.76. The number of hydrogen-bond donors (Lipinski definition) is 0. The topological polar surface area (TPSA) is 0 Å². The smallest absolute Gasteiger partial charge is 0.0406 e. The van der Waals surface area contributed by atoms with Crippen LogP contribution in [0.4, 0.5) is 0 Å². The van der Waals surface area contributed by atoms with Crippen LogP contribution in [-0.4, -0.2) is 5.33 Å². The molecule has 0 saturated heterocycles. The summed E-state index contributed by atoms with van der Waals surface area (Å²) in [6.07, 6.45) is 1.06.